The maximum Gasteiger partial charge on any atom is 0.0874 e. The molecule has 1 aromatic carbocycles. The Hall–Kier alpha value is -0.900. The average molecular weight is 343 g/mol. The van der Waals surface area contributed by atoms with Gasteiger partial charge in [0, 0.05) is 17.5 Å². The molecule has 2 saturated carbocycles. The number of benzene rings is 1. The summed E-state index contributed by atoms with van der Waals surface area (Å²) in [5, 5.41) is 0. The van der Waals surface area contributed by atoms with Crippen LogP contribution < -0.4 is 11.5 Å². The van der Waals surface area contributed by atoms with Gasteiger partial charge >= 0.3 is 0 Å². The summed E-state index contributed by atoms with van der Waals surface area (Å²) in [6.45, 7) is 0.956. The predicted molar refractivity (Wildman–Crippen MR) is 102 cm³/mol. The van der Waals surface area contributed by atoms with Gasteiger partial charge in [0.15, 0.2) is 0 Å². The molecular weight excluding hydrogens is 308 g/mol. The third-order valence-electron chi connectivity index (χ3n) is 7.35. The molecule has 4 N–H and O–H groups in total. The van der Waals surface area contributed by atoms with Crippen LogP contribution in [0.1, 0.15) is 56.9 Å². The van der Waals surface area contributed by atoms with Crippen molar-refractivity contribution in [3.05, 3.63) is 35.9 Å². The van der Waals surface area contributed by atoms with Crippen molar-refractivity contribution in [1.82, 2.24) is 0 Å². The fraction of sp³-hybridized carbons (Fsp3) is 0.727. The molecule has 25 heavy (non-hydrogen) atoms. The summed E-state index contributed by atoms with van der Waals surface area (Å²) >= 11 is 0. The highest BCUT2D eigenvalue weighted by molar-refractivity contribution is 5.20. The fourth-order valence-corrected chi connectivity index (χ4v) is 5.88. The standard InChI is InChI=1S/C22H34N2O/c23-19-10-6-17(7-11-19)22(21-15-25-21,14-16-4-2-1-3-5-16)18-8-12-20(24)13-9-18/h1-5,17-21H,6-15,23-24H2. The summed E-state index contributed by atoms with van der Waals surface area (Å²) in [5.41, 5.74) is 14.2. The van der Waals surface area contributed by atoms with Crippen LogP contribution in [0.25, 0.3) is 0 Å². The summed E-state index contributed by atoms with van der Waals surface area (Å²) in [5.74, 6) is 1.50. The van der Waals surface area contributed by atoms with E-state index in [0.717, 1.165) is 24.9 Å². The van der Waals surface area contributed by atoms with Gasteiger partial charge < -0.3 is 16.2 Å². The van der Waals surface area contributed by atoms with Crippen molar-refractivity contribution in [2.75, 3.05) is 6.61 Å². The zero-order chi connectivity index (χ0) is 17.3. The third kappa shape index (κ3) is 3.65. The first-order valence-corrected chi connectivity index (χ1v) is 10.3. The van der Waals surface area contributed by atoms with E-state index in [1.54, 1.807) is 0 Å². The molecule has 1 saturated heterocycles. The Morgan fingerprint density at radius 3 is 1.72 bits per heavy atom. The van der Waals surface area contributed by atoms with Crippen molar-refractivity contribution >= 4 is 0 Å². The van der Waals surface area contributed by atoms with Gasteiger partial charge in [-0.25, -0.2) is 0 Å². The molecule has 1 aliphatic heterocycles. The van der Waals surface area contributed by atoms with E-state index >= 15 is 0 Å². The lowest BCUT2D eigenvalue weighted by Crippen LogP contribution is -2.49. The Bertz CT molecular complexity index is 518. The van der Waals surface area contributed by atoms with Crippen LogP contribution in [0.3, 0.4) is 0 Å². The number of epoxide rings is 1. The van der Waals surface area contributed by atoms with Crippen molar-refractivity contribution in [3.8, 4) is 0 Å². The van der Waals surface area contributed by atoms with Crippen LogP contribution in [0.5, 0.6) is 0 Å². The lowest BCUT2D eigenvalue weighted by atomic mass is 9.54. The second-order valence-electron chi connectivity index (χ2n) is 8.82. The van der Waals surface area contributed by atoms with Crippen LogP contribution in [0.4, 0.5) is 0 Å². The van der Waals surface area contributed by atoms with Crippen LogP contribution >= 0.6 is 0 Å². The second kappa shape index (κ2) is 7.38. The highest BCUT2D eigenvalue weighted by Gasteiger charge is 2.56. The molecule has 3 aliphatic rings. The first-order valence-electron chi connectivity index (χ1n) is 10.3. The first kappa shape index (κ1) is 17.5. The molecule has 0 aromatic heterocycles. The van der Waals surface area contributed by atoms with E-state index in [1.807, 2.05) is 0 Å². The molecule has 138 valence electrons. The maximum absolute atomic E-state index is 6.23. The van der Waals surface area contributed by atoms with E-state index in [0.29, 0.717) is 23.6 Å². The number of ether oxygens (including phenoxy) is 1. The van der Waals surface area contributed by atoms with E-state index in [1.165, 1.54) is 56.9 Å². The molecule has 1 atom stereocenters. The SMILES string of the molecule is NC1CCC(C(Cc2ccccc2)(C2CCC(N)CC2)C2CO2)CC1. The van der Waals surface area contributed by atoms with Gasteiger partial charge in [0.1, 0.15) is 0 Å². The van der Waals surface area contributed by atoms with Crippen molar-refractivity contribution < 1.29 is 4.74 Å². The largest absolute Gasteiger partial charge is 0.372 e. The molecule has 3 fully saturated rings. The Balaban J connectivity index is 1.65. The van der Waals surface area contributed by atoms with E-state index in [9.17, 15) is 0 Å². The predicted octanol–water partition coefficient (Wildman–Crippen LogP) is 3.65. The Kier molecular flexibility index (Phi) is 5.17. The second-order valence-corrected chi connectivity index (χ2v) is 8.82. The lowest BCUT2D eigenvalue weighted by Gasteiger charge is -2.50. The highest BCUT2D eigenvalue weighted by atomic mass is 16.6. The normalized spacial score (nSPS) is 38.1. The smallest absolute Gasteiger partial charge is 0.0874 e. The molecule has 1 aromatic rings. The van der Waals surface area contributed by atoms with Gasteiger partial charge in [-0.1, -0.05) is 30.3 Å². The van der Waals surface area contributed by atoms with Gasteiger partial charge in [0.25, 0.3) is 0 Å². The molecule has 2 aliphatic carbocycles. The van der Waals surface area contributed by atoms with Crippen LogP contribution in [-0.2, 0) is 11.2 Å². The molecule has 0 amide bonds. The molecule has 1 heterocycles. The molecule has 1 unspecified atom stereocenters. The molecular formula is C22H34N2O. The third-order valence-corrected chi connectivity index (χ3v) is 7.35. The van der Waals surface area contributed by atoms with Gasteiger partial charge in [-0.15, -0.1) is 0 Å². The Labute approximate surface area is 152 Å². The van der Waals surface area contributed by atoms with Gasteiger partial charge in [-0.2, -0.15) is 0 Å². The molecule has 0 spiro atoms. The van der Waals surface area contributed by atoms with E-state index < -0.39 is 0 Å². The summed E-state index contributed by atoms with van der Waals surface area (Å²) in [6, 6.07) is 11.9. The molecule has 4 rings (SSSR count). The molecule has 3 nitrogen and oxygen atoms in total. The first-order chi connectivity index (χ1) is 12.2. The van der Waals surface area contributed by atoms with Crippen molar-refractivity contribution in [3.63, 3.8) is 0 Å². The lowest BCUT2D eigenvalue weighted by molar-refractivity contribution is -0.00885. The minimum absolute atomic E-state index is 0.293. The fourth-order valence-electron chi connectivity index (χ4n) is 5.88. The Morgan fingerprint density at radius 1 is 0.800 bits per heavy atom. The molecule has 0 radical (unpaired) electrons. The minimum Gasteiger partial charge on any atom is -0.372 e. The quantitative estimate of drug-likeness (QED) is 0.803. The van der Waals surface area contributed by atoms with Crippen LogP contribution in [0, 0.1) is 17.3 Å². The highest BCUT2D eigenvalue weighted by Crippen LogP contribution is 2.56. The minimum atomic E-state index is 0.293. The number of hydrogen-bond donors (Lipinski definition) is 2. The van der Waals surface area contributed by atoms with Crippen LogP contribution in [-0.4, -0.2) is 24.8 Å². The Morgan fingerprint density at radius 2 is 1.28 bits per heavy atom. The number of hydrogen-bond acceptors (Lipinski definition) is 3. The van der Waals surface area contributed by atoms with Crippen molar-refractivity contribution in [1.29, 1.82) is 0 Å². The monoisotopic (exact) mass is 342 g/mol. The topological polar surface area (TPSA) is 64.6 Å². The zero-order valence-electron chi connectivity index (χ0n) is 15.4. The maximum atomic E-state index is 6.23. The van der Waals surface area contributed by atoms with Gasteiger partial charge in [0.05, 0.1) is 12.7 Å². The summed E-state index contributed by atoms with van der Waals surface area (Å²) in [4.78, 5) is 0. The van der Waals surface area contributed by atoms with Gasteiger partial charge in [-0.05, 0) is 75.2 Å². The van der Waals surface area contributed by atoms with E-state index in [2.05, 4.69) is 30.3 Å². The van der Waals surface area contributed by atoms with Crippen molar-refractivity contribution in [2.45, 2.75) is 76.0 Å². The van der Waals surface area contributed by atoms with Crippen molar-refractivity contribution in [2.24, 2.45) is 28.7 Å². The summed E-state index contributed by atoms with van der Waals surface area (Å²) < 4.78 is 6.04. The molecule has 0 bridgehead atoms. The average Bonchev–Trinajstić information content (AvgIpc) is 3.48. The van der Waals surface area contributed by atoms with Gasteiger partial charge in [-0.3, -0.25) is 0 Å². The molecule has 3 heteroatoms. The van der Waals surface area contributed by atoms with E-state index in [-0.39, 0.29) is 0 Å². The summed E-state index contributed by atoms with van der Waals surface area (Å²) in [7, 11) is 0. The number of rotatable bonds is 5. The van der Waals surface area contributed by atoms with E-state index in [4.69, 9.17) is 16.2 Å². The van der Waals surface area contributed by atoms with Crippen LogP contribution in [0.15, 0.2) is 30.3 Å². The zero-order valence-corrected chi connectivity index (χ0v) is 15.4. The van der Waals surface area contributed by atoms with Gasteiger partial charge in [0.2, 0.25) is 0 Å². The summed E-state index contributed by atoms with van der Waals surface area (Å²) in [6.07, 6.45) is 11.4. The van der Waals surface area contributed by atoms with Crippen LogP contribution in [0.2, 0.25) is 0 Å². The number of nitrogens with two attached hydrogens (primary N) is 2.